The largest absolute Gasteiger partial charge is 0.353 e. The van der Waals surface area contributed by atoms with E-state index in [0.717, 1.165) is 22.9 Å². The third kappa shape index (κ3) is 2.82. The van der Waals surface area contributed by atoms with Gasteiger partial charge in [0.25, 0.3) is 0 Å². The molecule has 24 heavy (non-hydrogen) atoms. The number of fused-ring (bicyclic) bond motifs is 1. The lowest BCUT2D eigenvalue weighted by Crippen LogP contribution is -2.47. The summed E-state index contributed by atoms with van der Waals surface area (Å²) in [6, 6.07) is 11.5. The minimum absolute atomic E-state index is 0.183. The second-order valence-corrected chi connectivity index (χ2v) is 7.09. The first kappa shape index (κ1) is 15.3. The lowest BCUT2D eigenvalue weighted by atomic mass is 9.92. The Morgan fingerprint density at radius 3 is 2.83 bits per heavy atom. The Bertz CT molecular complexity index is 819. The molecule has 1 aliphatic carbocycles. The van der Waals surface area contributed by atoms with Crippen LogP contribution in [0.3, 0.4) is 0 Å². The van der Waals surface area contributed by atoms with E-state index in [1.54, 1.807) is 11.1 Å². The predicted octanol–water partition coefficient (Wildman–Crippen LogP) is 2.96. The summed E-state index contributed by atoms with van der Waals surface area (Å²) < 4.78 is 0.870. The summed E-state index contributed by atoms with van der Waals surface area (Å²) in [5.41, 5.74) is 1.62. The maximum Gasteiger partial charge on any atom is 0.245 e. The van der Waals surface area contributed by atoms with E-state index in [9.17, 15) is 9.59 Å². The van der Waals surface area contributed by atoms with Crippen molar-refractivity contribution in [1.82, 2.24) is 10.3 Å². The summed E-state index contributed by atoms with van der Waals surface area (Å²) in [5.74, 6) is -0.508. The second-order valence-electron chi connectivity index (χ2n) is 6.18. The van der Waals surface area contributed by atoms with Crippen molar-refractivity contribution < 1.29 is 9.59 Å². The molecule has 1 atom stereocenters. The Labute approximate surface area is 148 Å². The number of hydrogen-bond acceptors (Lipinski definition) is 3. The molecule has 122 valence electrons. The van der Waals surface area contributed by atoms with Crippen molar-refractivity contribution >= 4 is 39.2 Å². The van der Waals surface area contributed by atoms with E-state index in [-0.39, 0.29) is 17.9 Å². The number of aromatic nitrogens is 1. The van der Waals surface area contributed by atoms with Gasteiger partial charge in [0.1, 0.15) is 11.7 Å². The van der Waals surface area contributed by atoms with Crippen LogP contribution >= 0.6 is 15.9 Å². The first-order chi connectivity index (χ1) is 11.6. The van der Waals surface area contributed by atoms with E-state index in [2.05, 4.69) is 26.2 Å². The monoisotopic (exact) mass is 385 g/mol. The molecule has 2 amide bonds. The molecule has 1 fully saturated rings. The second kappa shape index (κ2) is 6.02. The number of rotatable bonds is 3. The molecule has 0 spiro atoms. The molecule has 1 N–H and O–H groups in total. The first-order valence-electron chi connectivity index (χ1n) is 7.97. The molecule has 0 bridgehead atoms. The Balaban J connectivity index is 1.75. The van der Waals surface area contributed by atoms with Gasteiger partial charge < -0.3 is 5.32 Å². The van der Waals surface area contributed by atoms with Crippen molar-refractivity contribution in [2.24, 2.45) is 5.92 Å². The van der Waals surface area contributed by atoms with Crippen molar-refractivity contribution in [3.8, 4) is 0 Å². The Morgan fingerprint density at radius 2 is 2.08 bits per heavy atom. The zero-order valence-electron chi connectivity index (χ0n) is 12.9. The van der Waals surface area contributed by atoms with Gasteiger partial charge in [-0.15, -0.1) is 0 Å². The van der Waals surface area contributed by atoms with Crippen molar-refractivity contribution in [2.75, 3.05) is 4.90 Å². The van der Waals surface area contributed by atoms with Crippen LogP contribution in [0.25, 0.3) is 0 Å². The minimum Gasteiger partial charge on any atom is -0.353 e. The van der Waals surface area contributed by atoms with Gasteiger partial charge in [-0.1, -0.05) is 28.1 Å². The topological polar surface area (TPSA) is 62.3 Å². The number of carbonyl (C=O) groups is 2. The number of amides is 2. The van der Waals surface area contributed by atoms with Gasteiger partial charge in [-0.05, 0) is 49.1 Å². The third-order valence-electron chi connectivity index (χ3n) is 4.33. The number of nitrogens with zero attached hydrogens (tertiary/aromatic N) is 2. The lowest BCUT2D eigenvalue weighted by Gasteiger charge is -2.32. The van der Waals surface area contributed by atoms with Gasteiger partial charge in [0.2, 0.25) is 11.8 Å². The molecule has 5 nitrogen and oxygen atoms in total. The van der Waals surface area contributed by atoms with Gasteiger partial charge in [-0.2, -0.15) is 0 Å². The highest BCUT2D eigenvalue weighted by atomic mass is 79.9. The molecule has 1 aromatic heterocycles. The smallest absolute Gasteiger partial charge is 0.245 e. The first-order valence-corrected chi connectivity index (χ1v) is 8.76. The normalized spacial score (nSPS) is 19.8. The van der Waals surface area contributed by atoms with Crippen LogP contribution in [0, 0.1) is 5.92 Å². The van der Waals surface area contributed by atoms with Gasteiger partial charge >= 0.3 is 0 Å². The standard InChI is InChI=1S/C18H16BrN3O2/c19-12-4-1-5-14(10-12)22-16-11(3-2-8-20-16)9-15(18(22)24)17(23)21-13-6-7-13/h1-5,8,10,13,15H,6-7,9H2,(H,21,23). The maximum absolute atomic E-state index is 13.1. The number of carbonyl (C=O) groups excluding carboxylic acids is 2. The Kier molecular flexibility index (Phi) is 3.84. The van der Waals surface area contributed by atoms with Crippen LogP contribution in [0.4, 0.5) is 11.5 Å². The molecule has 0 saturated heterocycles. The molecule has 4 rings (SSSR count). The van der Waals surface area contributed by atoms with Crippen LogP contribution in [0.1, 0.15) is 18.4 Å². The van der Waals surface area contributed by atoms with Crippen LogP contribution in [0.15, 0.2) is 47.1 Å². The van der Waals surface area contributed by atoms with Gasteiger partial charge in [-0.3, -0.25) is 14.5 Å². The molecular formula is C18H16BrN3O2. The quantitative estimate of drug-likeness (QED) is 0.826. The van der Waals surface area contributed by atoms with E-state index in [0.29, 0.717) is 17.9 Å². The van der Waals surface area contributed by atoms with E-state index < -0.39 is 5.92 Å². The number of anilines is 2. The summed E-state index contributed by atoms with van der Waals surface area (Å²) in [6.07, 6.45) is 4.06. The molecule has 1 saturated carbocycles. The van der Waals surface area contributed by atoms with Gasteiger partial charge in [-0.25, -0.2) is 4.98 Å². The van der Waals surface area contributed by atoms with E-state index in [4.69, 9.17) is 0 Å². The van der Waals surface area contributed by atoms with E-state index >= 15 is 0 Å². The van der Waals surface area contributed by atoms with Crippen LogP contribution in [0.2, 0.25) is 0 Å². The zero-order chi connectivity index (χ0) is 16.7. The highest BCUT2D eigenvalue weighted by Crippen LogP contribution is 2.36. The Morgan fingerprint density at radius 1 is 1.25 bits per heavy atom. The van der Waals surface area contributed by atoms with Crippen LogP contribution in [0.5, 0.6) is 0 Å². The average Bonchev–Trinajstić information content (AvgIpc) is 3.38. The van der Waals surface area contributed by atoms with Crippen LogP contribution in [-0.4, -0.2) is 22.8 Å². The van der Waals surface area contributed by atoms with Gasteiger partial charge in [0.15, 0.2) is 0 Å². The molecule has 6 heteroatoms. The van der Waals surface area contributed by atoms with E-state index in [1.165, 1.54) is 0 Å². The van der Waals surface area contributed by atoms with E-state index in [1.807, 2.05) is 36.4 Å². The molecule has 2 heterocycles. The number of halogens is 1. The lowest BCUT2D eigenvalue weighted by molar-refractivity contribution is -0.133. The summed E-state index contributed by atoms with van der Waals surface area (Å²) in [6.45, 7) is 0. The number of nitrogens with one attached hydrogen (secondary N) is 1. The third-order valence-corrected chi connectivity index (χ3v) is 4.82. The van der Waals surface area contributed by atoms with Crippen LogP contribution in [-0.2, 0) is 16.0 Å². The highest BCUT2D eigenvalue weighted by Gasteiger charge is 2.40. The molecule has 0 radical (unpaired) electrons. The number of hydrogen-bond donors (Lipinski definition) is 1. The Hall–Kier alpha value is -2.21. The van der Waals surface area contributed by atoms with Gasteiger partial charge in [0.05, 0.1) is 5.69 Å². The summed E-state index contributed by atoms with van der Waals surface area (Å²) >= 11 is 3.44. The molecular weight excluding hydrogens is 370 g/mol. The fourth-order valence-electron chi connectivity index (χ4n) is 2.96. The molecule has 2 aromatic rings. The number of benzene rings is 1. The summed E-state index contributed by atoms with van der Waals surface area (Å²) in [4.78, 5) is 31.5. The molecule has 1 aromatic carbocycles. The summed E-state index contributed by atoms with van der Waals surface area (Å²) in [7, 11) is 0. The van der Waals surface area contributed by atoms with Gasteiger partial charge in [0, 0.05) is 16.7 Å². The fourth-order valence-corrected chi connectivity index (χ4v) is 3.34. The highest BCUT2D eigenvalue weighted by molar-refractivity contribution is 9.10. The number of pyridine rings is 1. The molecule has 2 aliphatic rings. The molecule has 1 unspecified atom stereocenters. The minimum atomic E-state index is -0.707. The van der Waals surface area contributed by atoms with Crippen molar-refractivity contribution in [1.29, 1.82) is 0 Å². The average molecular weight is 386 g/mol. The fraction of sp³-hybridized carbons (Fsp3) is 0.278. The van der Waals surface area contributed by atoms with Crippen molar-refractivity contribution in [3.63, 3.8) is 0 Å². The predicted molar refractivity (Wildman–Crippen MR) is 93.9 cm³/mol. The molecule has 1 aliphatic heterocycles. The maximum atomic E-state index is 13.1. The SMILES string of the molecule is O=C(NC1CC1)C1Cc2cccnc2N(c2cccc(Br)c2)C1=O. The zero-order valence-corrected chi connectivity index (χ0v) is 14.5. The van der Waals surface area contributed by atoms with Crippen molar-refractivity contribution in [3.05, 3.63) is 52.6 Å². The summed E-state index contributed by atoms with van der Waals surface area (Å²) in [5, 5.41) is 2.95. The van der Waals surface area contributed by atoms with Crippen LogP contribution < -0.4 is 10.2 Å². The van der Waals surface area contributed by atoms with Crippen molar-refractivity contribution in [2.45, 2.75) is 25.3 Å².